The van der Waals surface area contributed by atoms with Gasteiger partial charge in [0.15, 0.2) is 5.65 Å². The molecule has 1 aliphatic heterocycles. The lowest BCUT2D eigenvalue weighted by molar-refractivity contribution is -0.132. The van der Waals surface area contributed by atoms with Crippen LogP contribution in [0.2, 0.25) is 0 Å². The first-order valence-electron chi connectivity index (χ1n) is 9.11. The van der Waals surface area contributed by atoms with Crippen molar-refractivity contribution in [2.75, 3.05) is 26.7 Å². The van der Waals surface area contributed by atoms with Crippen molar-refractivity contribution in [1.29, 1.82) is 0 Å². The van der Waals surface area contributed by atoms with Gasteiger partial charge in [0, 0.05) is 50.6 Å². The van der Waals surface area contributed by atoms with Gasteiger partial charge in [-0.2, -0.15) is 5.10 Å². The van der Waals surface area contributed by atoms with Crippen molar-refractivity contribution in [3.8, 4) is 0 Å². The topological polar surface area (TPSA) is 82.8 Å². The molecule has 8 heteroatoms. The first-order chi connectivity index (χ1) is 12.5. The number of amides is 2. The van der Waals surface area contributed by atoms with Crippen molar-refractivity contribution in [3.63, 3.8) is 0 Å². The third kappa shape index (κ3) is 3.85. The number of likely N-dealkylation sites (tertiary alicyclic amines) is 1. The van der Waals surface area contributed by atoms with Crippen LogP contribution in [0.25, 0.3) is 5.65 Å². The zero-order valence-corrected chi connectivity index (χ0v) is 15.6. The SMILES string of the molecule is CCN(CC)Cc1cnc2c(C(=O)N[C@@H]3CCC(=O)N(C)C3)cnn2c1. The lowest BCUT2D eigenvalue weighted by Crippen LogP contribution is -2.48. The summed E-state index contributed by atoms with van der Waals surface area (Å²) in [5.41, 5.74) is 2.06. The predicted octanol–water partition coefficient (Wildman–Crippen LogP) is 0.922. The highest BCUT2D eigenvalue weighted by molar-refractivity contribution is 5.99. The highest BCUT2D eigenvalue weighted by Crippen LogP contribution is 2.13. The standard InChI is InChI=1S/C18H26N6O2/c1-4-23(5-2)10-13-8-19-17-15(9-20-24(17)11-13)18(26)21-14-6-7-16(25)22(3)12-14/h8-9,11,14H,4-7,10,12H2,1-3H3,(H,21,26)/t14-/m1/s1. The number of rotatable bonds is 6. The maximum absolute atomic E-state index is 12.6. The number of piperidine rings is 1. The van der Waals surface area contributed by atoms with Gasteiger partial charge in [-0.25, -0.2) is 9.50 Å². The van der Waals surface area contributed by atoms with Gasteiger partial charge in [0.05, 0.1) is 6.20 Å². The smallest absolute Gasteiger partial charge is 0.257 e. The number of aromatic nitrogens is 3. The molecular weight excluding hydrogens is 332 g/mol. The second kappa shape index (κ2) is 7.82. The van der Waals surface area contributed by atoms with Gasteiger partial charge < -0.3 is 10.2 Å². The Balaban J connectivity index is 1.72. The van der Waals surface area contributed by atoms with E-state index < -0.39 is 0 Å². The minimum absolute atomic E-state index is 0.0397. The average Bonchev–Trinajstić information content (AvgIpc) is 3.06. The van der Waals surface area contributed by atoms with Crippen LogP contribution in [0.4, 0.5) is 0 Å². The maximum atomic E-state index is 12.6. The number of hydrogen-bond acceptors (Lipinski definition) is 5. The molecule has 0 aliphatic carbocycles. The first-order valence-corrected chi connectivity index (χ1v) is 9.11. The molecule has 1 saturated heterocycles. The molecule has 1 atom stereocenters. The number of nitrogens with zero attached hydrogens (tertiary/aromatic N) is 5. The van der Waals surface area contributed by atoms with E-state index in [9.17, 15) is 9.59 Å². The molecule has 0 aromatic carbocycles. The second-order valence-corrected chi connectivity index (χ2v) is 6.73. The molecule has 0 saturated carbocycles. The lowest BCUT2D eigenvalue weighted by atomic mass is 10.1. The van der Waals surface area contributed by atoms with Crippen LogP contribution >= 0.6 is 0 Å². The largest absolute Gasteiger partial charge is 0.347 e. The first kappa shape index (κ1) is 18.3. The molecule has 26 heavy (non-hydrogen) atoms. The van der Waals surface area contributed by atoms with Gasteiger partial charge in [-0.05, 0) is 19.5 Å². The normalized spacial score (nSPS) is 17.9. The molecule has 0 bridgehead atoms. The maximum Gasteiger partial charge on any atom is 0.257 e. The van der Waals surface area contributed by atoms with Crippen molar-refractivity contribution in [2.24, 2.45) is 0 Å². The van der Waals surface area contributed by atoms with E-state index in [1.165, 1.54) is 0 Å². The zero-order valence-electron chi connectivity index (χ0n) is 15.6. The second-order valence-electron chi connectivity index (χ2n) is 6.73. The highest BCUT2D eigenvalue weighted by Gasteiger charge is 2.25. The Morgan fingerprint density at radius 3 is 2.81 bits per heavy atom. The van der Waals surface area contributed by atoms with Crippen LogP contribution in [0.15, 0.2) is 18.6 Å². The summed E-state index contributed by atoms with van der Waals surface area (Å²) in [6.45, 7) is 7.54. The van der Waals surface area contributed by atoms with E-state index >= 15 is 0 Å². The Morgan fingerprint density at radius 1 is 1.35 bits per heavy atom. The molecule has 3 heterocycles. The lowest BCUT2D eigenvalue weighted by Gasteiger charge is -2.30. The third-order valence-corrected chi connectivity index (χ3v) is 4.92. The molecule has 0 radical (unpaired) electrons. The molecule has 0 spiro atoms. The Morgan fingerprint density at radius 2 is 2.12 bits per heavy atom. The number of hydrogen-bond donors (Lipinski definition) is 1. The Bertz CT molecular complexity index is 798. The molecule has 2 aromatic rings. The minimum Gasteiger partial charge on any atom is -0.347 e. The molecule has 2 aromatic heterocycles. The molecule has 2 amide bonds. The quantitative estimate of drug-likeness (QED) is 0.830. The summed E-state index contributed by atoms with van der Waals surface area (Å²) in [6.07, 6.45) is 6.40. The van der Waals surface area contributed by atoms with E-state index in [0.29, 0.717) is 30.6 Å². The summed E-state index contributed by atoms with van der Waals surface area (Å²) in [4.78, 5) is 32.6. The van der Waals surface area contributed by atoms with Crippen LogP contribution in [0.5, 0.6) is 0 Å². The van der Waals surface area contributed by atoms with Gasteiger partial charge in [0.2, 0.25) is 5.91 Å². The summed E-state index contributed by atoms with van der Waals surface area (Å²) < 4.78 is 1.66. The van der Waals surface area contributed by atoms with Crippen LogP contribution in [0.3, 0.4) is 0 Å². The molecule has 0 unspecified atom stereocenters. The molecule has 1 aliphatic rings. The Kier molecular flexibility index (Phi) is 5.51. The number of carbonyl (C=O) groups is 2. The van der Waals surface area contributed by atoms with Crippen LogP contribution in [0.1, 0.15) is 42.6 Å². The van der Waals surface area contributed by atoms with Gasteiger partial charge in [-0.1, -0.05) is 13.8 Å². The Hall–Kier alpha value is -2.48. The van der Waals surface area contributed by atoms with E-state index in [0.717, 1.165) is 25.2 Å². The summed E-state index contributed by atoms with van der Waals surface area (Å²) in [5, 5.41) is 7.28. The van der Waals surface area contributed by atoms with Gasteiger partial charge in [-0.15, -0.1) is 0 Å². The van der Waals surface area contributed by atoms with Gasteiger partial charge in [-0.3, -0.25) is 14.5 Å². The van der Waals surface area contributed by atoms with E-state index in [1.807, 2.05) is 6.20 Å². The van der Waals surface area contributed by atoms with Gasteiger partial charge in [0.25, 0.3) is 5.91 Å². The molecule has 1 N–H and O–H groups in total. The van der Waals surface area contributed by atoms with Gasteiger partial charge in [0.1, 0.15) is 5.56 Å². The van der Waals surface area contributed by atoms with Crippen LogP contribution in [-0.2, 0) is 11.3 Å². The van der Waals surface area contributed by atoms with E-state index in [1.54, 1.807) is 28.9 Å². The number of carbonyl (C=O) groups excluding carboxylic acids is 2. The minimum atomic E-state index is -0.197. The van der Waals surface area contributed by atoms with E-state index in [-0.39, 0.29) is 17.9 Å². The number of fused-ring (bicyclic) bond motifs is 1. The summed E-state index contributed by atoms with van der Waals surface area (Å²) in [6, 6.07) is -0.0397. The van der Waals surface area contributed by atoms with Crippen molar-refractivity contribution in [2.45, 2.75) is 39.3 Å². The third-order valence-electron chi connectivity index (χ3n) is 4.92. The molecule has 8 nitrogen and oxygen atoms in total. The molecule has 140 valence electrons. The summed E-state index contributed by atoms with van der Waals surface area (Å²) in [5.74, 6) is -0.0781. The molecule has 3 rings (SSSR count). The molecular formula is C18H26N6O2. The monoisotopic (exact) mass is 358 g/mol. The number of nitrogens with one attached hydrogen (secondary N) is 1. The predicted molar refractivity (Wildman–Crippen MR) is 97.7 cm³/mol. The van der Waals surface area contributed by atoms with Crippen LogP contribution < -0.4 is 5.32 Å². The van der Waals surface area contributed by atoms with Crippen LogP contribution in [-0.4, -0.2) is 68.9 Å². The van der Waals surface area contributed by atoms with Crippen molar-refractivity contribution in [1.82, 2.24) is 29.7 Å². The van der Waals surface area contributed by atoms with Gasteiger partial charge >= 0.3 is 0 Å². The Labute approximate surface area is 153 Å². The number of likely N-dealkylation sites (N-methyl/N-ethyl adjacent to an activating group) is 1. The fourth-order valence-electron chi connectivity index (χ4n) is 3.25. The van der Waals surface area contributed by atoms with Crippen molar-refractivity contribution >= 4 is 17.5 Å². The van der Waals surface area contributed by atoms with Crippen molar-refractivity contribution in [3.05, 3.63) is 29.7 Å². The average molecular weight is 358 g/mol. The molecule has 1 fully saturated rings. The highest BCUT2D eigenvalue weighted by atomic mass is 16.2. The summed E-state index contributed by atoms with van der Waals surface area (Å²) in [7, 11) is 1.76. The summed E-state index contributed by atoms with van der Waals surface area (Å²) >= 11 is 0. The van der Waals surface area contributed by atoms with E-state index in [2.05, 4.69) is 34.1 Å². The van der Waals surface area contributed by atoms with Crippen LogP contribution in [0, 0.1) is 0 Å². The zero-order chi connectivity index (χ0) is 18.7. The van der Waals surface area contributed by atoms with E-state index in [4.69, 9.17) is 0 Å². The fraction of sp³-hybridized carbons (Fsp3) is 0.556. The fourth-order valence-corrected chi connectivity index (χ4v) is 3.25. The van der Waals surface area contributed by atoms with Crippen molar-refractivity contribution < 1.29 is 9.59 Å².